The van der Waals surface area contributed by atoms with Crippen LogP contribution in [0.2, 0.25) is 0 Å². The van der Waals surface area contributed by atoms with Gasteiger partial charge in [-0.15, -0.1) is 11.3 Å². The molecule has 0 aliphatic rings. The highest BCUT2D eigenvalue weighted by Crippen LogP contribution is 2.34. The number of aryl methyl sites for hydroxylation is 3. The maximum Gasteiger partial charge on any atom is 0.212 e. The SMILES string of the molecule is CC.Cc1cc(-c2c(C)cccc2C)cc(N)c1N/C(N)=N/c1nccs1. The molecule has 1 aromatic heterocycles. The van der Waals surface area contributed by atoms with Gasteiger partial charge in [0, 0.05) is 11.6 Å². The lowest BCUT2D eigenvalue weighted by Gasteiger charge is -2.16. The Morgan fingerprint density at radius 1 is 1.07 bits per heavy atom. The van der Waals surface area contributed by atoms with Crippen LogP contribution in [0.4, 0.5) is 16.5 Å². The highest BCUT2D eigenvalue weighted by atomic mass is 32.1. The highest BCUT2D eigenvalue weighted by Gasteiger charge is 2.11. The summed E-state index contributed by atoms with van der Waals surface area (Å²) in [6.07, 6.45) is 1.69. The number of nitrogens with one attached hydrogen (secondary N) is 1. The zero-order chi connectivity index (χ0) is 20.0. The number of nitrogens with zero attached hydrogens (tertiary/aromatic N) is 2. The molecule has 2 aromatic carbocycles. The fourth-order valence-corrected chi connectivity index (χ4v) is 3.45. The Morgan fingerprint density at radius 2 is 1.74 bits per heavy atom. The summed E-state index contributed by atoms with van der Waals surface area (Å²) in [5.74, 6) is 0.268. The van der Waals surface area contributed by atoms with Crippen molar-refractivity contribution in [2.45, 2.75) is 34.6 Å². The van der Waals surface area contributed by atoms with Crippen LogP contribution in [-0.4, -0.2) is 10.9 Å². The second-order valence-corrected chi connectivity index (χ2v) is 6.83. The van der Waals surface area contributed by atoms with Gasteiger partial charge in [0.2, 0.25) is 11.1 Å². The molecule has 0 saturated carbocycles. The Kier molecular flexibility index (Phi) is 6.96. The van der Waals surface area contributed by atoms with Crippen molar-refractivity contribution >= 4 is 33.8 Å². The summed E-state index contributed by atoms with van der Waals surface area (Å²) < 4.78 is 0. The van der Waals surface area contributed by atoms with Crippen molar-refractivity contribution in [1.29, 1.82) is 0 Å². The van der Waals surface area contributed by atoms with E-state index < -0.39 is 0 Å². The molecule has 0 spiro atoms. The number of aromatic nitrogens is 1. The molecule has 3 aromatic rings. The Bertz CT molecular complexity index is 886. The highest BCUT2D eigenvalue weighted by molar-refractivity contribution is 7.13. The minimum Gasteiger partial charge on any atom is -0.397 e. The van der Waals surface area contributed by atoms with Crippen LogP contribution in [0.3, 0.4) is 0 Å². The predicted octanol–water partition coefficient (Wildman–Crippen LogP) is 5.40. The van der Waals surface area contributed by atoms with Gasteiger partial charge in [0.25, 0.3) is 0 Å². The number of thiazole rings is 1. The number of benzene rings is 2. The number of hydrogen-bond donors (Lipinski definition) is 3. The van der Waals surface area contributed by atoms with E-state index in [0.29, 0.717) is 10.8 Å². The van der Waals surface area contributed by atoms with Crippen LogP contribution in [0.25, 0.3) is 11.1 Å². The second-order valence-electron chi connectivity index (χ2n) is 5.96. The smallest absolute Gasteiger partial charge is 0.212 e. The molecule has 0 bridgehead atoms. The molecule has 3 rings (SSSR count). The molecule has 0 aliphatic carbocycles. The van der Waals surface area contributed by atoms with Crippen LogP contribution >= 0.6 is 11.3 Å². The molecular weight excluding hydrogens is 354 g/mol. The van der Waals surface area contributed by atoms with Crippen LogP contribution in [0, 0.1) is 20.8 Å². The molecule has 0 radical (unpaired) electrons. The van der Waals surface area contributed by atoms with Crippen molar-refractivity contribution < 1.29 is 0 Å². The molecule has 0 fully saturated rings. The van der Waals surface area contributed by atoms with Crippen LogP contribution in [-0.2, 0) is 0 Å². The van der Waals surface area contributed by atoms with E-state index >= 15 is 0 Å². The first-order valence-corrected chi connectivity index (χ1v) is 9.81. The Morgan fingerprint density at radius 3 is 2.30 bits per heavy atom. The van der Waals surface area contributed by atoms with E-state index in [4.69, 9.17) is 11.5 Å². The number of rotatable bonds is 3. The van der Waals surface area contributed by atoms with Gasteiger partial charge in [-0.3, -0.25) is 0 Å². The van der Waals surface area contributed by atoms with Gasteiger partial charge in [0.15, 0.2) is 0 Å². The van der Waals surface area contributed by atoms with Crippen molar-refractivity contribution in [2.24, 2.45) is 10.7 Å². The van der Waals surface area contributed by atoms with E-state index in [9.17, 15) is 0 Å². The van der Waals surface area contributed by atoms with E-state index in [1.165, 1.54) is 28.0 Å². The summed E-state index contributed by atoms with van der Waals surface area (Å²) in [4.78, 5) is 8.34. The molecule has 0 atom stereocenters. The van der Waals surface area contributed by atoms with Crippen LogP contribution in [0.5, 0.6) is 0 Å². The van der Waals surface area contributed by atoms with Crippen LogP contribution < -0.4 is 16.8 Å². The molecule has 5 nitrogen and oxygen atoms in total. The quantitative estimate of drug-likeness (QED) is 0.322. The van der Waals surface area contributed by atoms with Gasteiger partial charge in [0.05, 0.1) is 11.4 Å². The molecule has 5 N–H and O–H groups in total. The molecule has 0 unspecified atom stereocenters. The first-order chi connectivity index (χ1) is 13.0. The lowest BCUT2D eigenvalue weighted by atomic mass is 9.94. The predicted molar refractivity (Wildman–Crippen MR) is 119 cm³/mol. The summed E-state index contributed by atoms with van der Waals surface area (Å²) in [5.41, 5.74) is 19.5. The van der Waals surface area contributed by atoms with Gasteiger partial charge in [-0.2, -0.15) is 4.99 Å². The fourth-order valence-electron chi connectivity index (χ4n) is 2.93. The largest absolute Gasteiger partial charge is 0.397 e. The van der Waals surface area contributed by atoms with Gasteiger partial charge in [0.1, 0.15) is 0 Å². The van der Waals surface area contributed by atoms with Gasteiger partial charge in [-0.1, -0.05) is 32.0 Å². The maximum atomic E-state index is 6.30. The van der Waals surface area contributed by atoms with Crippen LogP contribution in [0.15, 0.2) is 46.9 Å². The van der Waals surface area contributed by atoms with Gasteiger partial charge < -0.3 is 16.8 Å². The minimum absolute atomic E-state index is 0.268. The standard InChI is InChI=1S/C19H21N5S.C2H6/c1-11-5-4-6-12(2)16(11)14-9-13(3)17(15(20)10-14)23-18(21)24-19-22-7-8-25-19;1-2/h4-10H,20H2,1-3H3,(H3,21,22,23,24);1-2H3. The Balaban J connectivity index is 0.00000126. The average molecular weight is 382 g/mol. The van der Waals surface area contributed by atoms with Gasteiger partial charge >= 0.3 is 0 Å². The summed E-state index contributed by atoms with van der Waals surface area (Å²) in [7, 11) is 0. The third-order valence-corrected chi connectivity index (χ3v) is 4.69. The topological polar surface area (TPSA) is 89.3 Å². The van der Waals surface area contributed by atoms with Crippen molar-refractivity contribution in [3.63, 3.8) is 0 Å². The number of aliphatic imine (C=N–C) groups is 1. The van der Waals surface area contributed by atoms with Crippen molar-refractivity contribution in [3.8, 4) is 11.1 Å². The van der Waals surface area contributed by atoms with E-state index in [0.717, 1.165) is 16.8 Å². The average Bonchev–Trinajstić information content (AvgIpc) is 3.13. The molecular formula is C21H27N5S. The van der Waals surface area contributed by atoms with E-state index in [-0.39, 0.29) is 5.96 Å². The first kappa shape index (κ1) is 20.5. The summed E-state index contributed by atoms with van der Waals surface area (Å²) >= 11 is 1.42. The van der Waals surface area contributed by atoms with E-state index in [2.05, 4.69) is 53.4 Å². The zero-order valence-corrected chi connectivity index (χ0v) is 17.3. The minimum atomic E-state index is 0.268. The monoisotopic (exact) mass is 381 g/mol. The van der Waals surface area contributed by atoms with E-state index in [1.807, 2.05) is 32.2 Å². The van der Waals surface area contributed by atoms with Crippen molar-refractivity contribution in [2.75, 3.05) is 11.1 Å². The van der Waals surface area contributed by atoms with Crippen LogP contribution in [0.1, 0.15) is 30.5 Å². The number of nitrogens with two attached hydrogens (primary N) is 2. The Hall–Kier alpha value is -2.86. The molecule has 142 valence electrons. The van der Waals surface area contributed by atoms with Crippen molar-refractivity contribution in [3.05, 3.63) is 58.6 Å². The molecule has 6 heteroatoms. The summed E-state index contributed by atoms with van der Waals surface area (Å²) in [6, 6.07) is 10.4. The zero-order valence-electron chi connectivity index (χ0n) is 16.5. The van der Waals surface area contributed by atoms with Gasteiger partial charge in [-0.05, 0) is 60.7 Å². The third kappa shape index (κ3) is 4.86. The molecule has 1 heterocycles. The number of nitrogen functional groups attached to an aromatic ring is 1. The Labute approximate surface area is 165 Å². The van der Waals surface area contributed by atoms with Crippen molar-refractivity contribution in [1.82, 2.24) is 4.98 Å². The number of anilines is 2. The lowest BCUT2D eigenvalue weighted by molar-refractivity contribution is 1.33. The number of hydrogen-bond acceptors (Lipinski definition) is 4. The normalized spacial score (nSPS) is 10.9. The molecule has 27 heavy (non-hydrogen) atoms. The number of guanidine groups is 1. The molecule has 0 amide bonds. The van der Waals surface area contributed by atoms with Gasteiger partial charge in [-0.25, -0.2) is 4.98 Å². The first-order valence-electron chi connectivity index (χ1n) is 8.93. The fraction of sp³-hybridized carbons (Fsp3) is 0.238. The third-order valence-electron chi connectivity index (χ3n) is 4.02. The molecule has 0 saturated heterocycles. The second kappa shape index (κ2) is 9.19. The lowest BCUT2D eigenvalue weighted by Crippen LogP contribution is -2.23. The summed E-state index contributed by atoms with van der Waals surface area (Å²) in [6.45, 7) is 10.2. The summed E-state index contributed by atoms with van der Waals surface area (Å²) in [5, 5.41) is 5.55. The maximum absolute atomic E-state index is 6.30. The van der Waals surface area contributed by atoms with E-state index in [1.54, 1.807) is 6.20 Å². The molecule has 0 aliphatic heterocycles.